The van der Waals surface area contributed by atoms with Gasteiger partial charge in [0.2, 0.25) is 0 Å². The van der Waals surface area contributed by atoms with E-state index in [0.717, 1.165) is 26.2 Å². The van der Waals surface area contributed by atoms with E-state index in [1.54, 1.807) is 0 Å². The molecule has 2 unspecified atom stereocenters. The zero-order valence-corrected chi connectivity index (χ0v) is 11.3. The molecule has 0 spiro atoms. The second-order valence-corrected chi connectivity index (χ2v) is 5.31. The zero-order chi connectivity index (χ0) is 12.8. The average Bonchev–Trinajstić information content (AvgIpc) is 2.81. The Labute approximate surface area is 110 Å². The number of aryl methyl sites for hydroxylation is 1. The molecule has 0 amide bonds. The number of ether oxygens (including phenoxy) is 1. The van der Waals surface area contributed by atoms with Gasteiger partial charge in [0, 0.05) is 32.0 Å². The highest BCUT2D eigenvalue weighted by Crippen LogP contribution is 2.29. The van der Waals surface area contributed by atoms with Crippen LogP contribution >= 0.6 is 0 Å². The molecule has 1 aliphatic carbocycles. The highest BCUT2D eigenvalue weighted by atomic mass is 16.5. The van der Waals surface area contributed by atoms with E-state index in [-0.39, 0.29) is 0 Å². The lowest BCUT2D eigenvalue weighted by Gasteiger charge is -2.30. The molecule has 4 heteroatoms. The number of nitrogens with zero attached hydrogens (tertiary/aromatic N) is 2. The summed E-state index contributed by atoms with van der Waals surface area (Å²) in [5, 5.41) is 4.16. The summed E-state index contributed by atoms with van der Waals surface area (Å²) in [4.78, 5) is 0. The van der Waals surface area contributed by atoms with Crippen molar-refractivity contribution in [2.45, 2.75) is 32.1 Å². The third-order valence-corrected chi connectivity index (χ3v) is 4.13. The van der Waals surface area contributed by atoms with Crippen molar-refractivity contribution in [1.82, 2.24) is 9.78 Å². The SMILES string of the molecule is Cn1nccc1CCOCC1CCCCC1CN. The smallest absolute Gasteiger partial charge is 0.0521 e. The minimum Gasteiger partial charge on any atom is -0.381 e. The van der Waals surface area contributed by atoms with E-state index in [4.69, 9.17) is 10.5 Å². The fraction of sp³-hybridized carbons (Fsp3) is 0.786. The van der Waals surface area contributed by atoms with Gasteiger partial charge in [-0.2, -0.15) is 5.10 Å². The van der Waals surface area contributed by atoms with Gasteiger partial charge in [-0.15, -0.1) is 0 Å². The van der Waals surface area contributed by atoms with Crippen LogP contribution in [0.5, 0.6) is 0 Å². The number of hydrogen-bond acceptors (Lipinski definition) is 3. The Morgan fingerprint density at radius 2 is 2.17 bits per heavy atom. The molecule has 0 radical (unpaired) electrons. The lowest BCUT2D eigenvalue weighted by atomic mass is 9.80. The van der Waals surface area contributed by atoms with Gasteiger partial charge in [-0.3, -0.25) is 4.68 Å². The summed E-state index contributed by atoms with van der Waals surface area (Å²) in [6, 6.07) is 2.05. The van der Waals surface area contributed by atoms with Crippen LogP contribution in [0.1, 0.15) is 31.4 Å². The molecule has 4 nitrogen and oxygen atoms in total. The van der Waals surface area contributed by atoms with E-state index in [1.165, 1.54) is 31.4 Å². The van der Waals surface area contributed by atoms with Gasteiger partial charge in [0.1, 0.15) is 0 Å². The van der Waals surface area contributed by atoms with Crippen molar-refractivity contribution < 1.29 is 4.74 Å². The van der Waals surface area contributed by atoms with Crippen molar-refractivity contribution in [3.63, 3.8) is 0 Å². The Morgan fingerprint density at radius 3 is 2.83 bits per heavy atom. The van der Waals surface area contributed by atoms with E-state index in [1.807, 2.05) is 24.0 Å². The van der Waals surface area contributed by atoms with Crippen LogP contribution in [0.3, 0.4) is 0 Å². The molecule has 0 aliphatic heterocycles. The molecule has 2 N–H and O–H groups in total. The summed E-state index contributed by atoms with van der Waals surface area (Å²) in [6.45, 7) is 2.48. The average molecular weight is 251 g/mol. The van der Waals surface area contributed by atoms with Crippen LogP contribution in [0.2, 0.25) is 0 Å². The molecule has 2 rings (SSSR count). The normalized spacial score (nSPS) is 24.3. The standard InChI is InChI=1S/C14H25N3O/c1-17-14(6-8-16-17)7-9-18-11-13-5-3-2-4-12(13)10-15/h6,8,12-13H,2-5,7,9-11,15H2,1H3. The van der Waals surface area contributed by atoms with Crippen LogP contribution in [0, 0.1) is 11.8 Å². The summed E-state index contributed by atoms with van der Waals surface area (Å²) >= 11 is 0. The minimum atomic E-state index is 0.676. The molecule has 1 fully saturated rings. The summed E-state index contributed by atoms with van der Waals surface area (Å²) in [7, 11) is 1.97. The van der Waals surface area contributed by atoms with E-state index < -0.39 is 0 Å². The summed E-state index contributed by atoms with van der Waals surface area (Å²) in [5.74, 6) is 1.35. The first-order chi connectivity index (χ1) is 8.81. The van der Waals surface area contributed by atoms with Crippen LogP contribution in [0.15, 0.2) is 12.3 Å². The van der Waals surface area contributed by atoms with Crippen molar-refractivity contribution in [1.29, 1.82) is 0 Å². The predicted octanol–water partition coefficient (Wildman–Crippen LogP) is 1.74. The van der Waals surface area contributed by atoms with Gasteiger partial charge in [0.15, 0.2) is 0 Å². The Balaban J connectivity index is 1.67. The topological polar surface area (TPSA) is 53.1 Å². The third-order valence-electron chi connectivity index (χ3n) is 4.13. The first kappa shape index (κ1) is 13.6. The zero-order valence-electron chi connectivity index (χ0n) is 11.3. The number of hydrogen-bond donors (Lipinski definition) is 1. The van der Waals surface area contributed by atoms with Crippen LogP contribution in [-0.4, -0.2) is 29.5 Å². The van der Waals surface area contributed by atoms with E-state index in [2.05, 4.69) is 5.10 Å². The number of nitrogens with two attached hydrogens (primary N) is 1. The first-order valence-electron chi connectivity index (χ1n) is 7.06. The molecule has 1 heterocycles. The van der Waals surface area contributed by atoms with Crippen LogP contribution in [-0.2, 0) is 18.2 Å². The maximum absolute atomic E-state index is 5.84. The van der Waals surface area contributed by atoms with Crippen molar-refractivity contribution >= 4 is 0 Å². The van der Waals surface area contributed by atoms with Gasteiger partial charge >= 0.3 is 0 Å². The Morgan fingerprint density at radius 1 is 1.39 bits per heavy atom. The van der Waals surface area contributed by atoms with Crippen LogP contribution in [0.4, 0.5) is 0 Å². The summed E-state index contributed by atoms with van der Waals surface area (Å²) < 4.78 is 7.75. The fourth-order valence-electron chi connectivity index (χ4n) is 2.87. The van der Waals surface area contributed by atoms with Crippen molar-refractivity contribution in [3.8, 4) is 0 Å². The molecule has 0 bridgehead atoms. The summed E-state index contributed by atoms with van der Waals surface area (Å²) in [5.41, 5.74) is 7.06. The van der Waals surface area contributed by atoms with Crippen molar-refractivity contribution in [3.05, 3.63) is 18.0 Å². The van der Waals surface area contributed by atoms with Crippen molar-refractivity contribution in [2.24, 2.45) is 24.6 Å². The second kappa shape index (κ2) is 6.90. The van der Waals surface area contributed by atoms with Gasteiger partial charge in [-0.1, -0.05) is 12.8 Å². The van der Waals surface area contributed by atoms with E-state index in [9.17, 15) is 0 Å². The first-order valence-corrected chi connectivity index (χ1v) is 7.06. The molecule has 1 aromatic heterocycles. The summed E-state index contributed by atoms with van der Waals surface area (Å²) in [6.07, 6.45) is 8.02. The quantitative estimate of drug-likeness (QED) is 0.784. The van der Waals surface area contributed by atoms with Crippen molar-refractivity contribution in [2.75, 3.05) is 19.8 Å². The Kier molecular flexibility index (Phi) is 5.20. The van der Waals surface area contributed by atoms with Gasteiger partial charge in [0.05, 0.1) is 6.61 Å². The predicted molar refractivity (Wildman–Crippen MR) is 72.2 cm³/mol. The van der Waals surface area contributed by atoms with E-state index in [0.29, 0.717) is 11.8 Å². The molecule has 0 aromatic carbocycles. The third kappa shape index (κ3) is 3.56. The fourth-order valence-corrected chi connectivity index (χ4v) is 2.87. The van der Waals surface area contributed by atoms with Gasteiger partial charge in [-0.05, 0) is 37.3 Å². The maximum atomic E-state index is 5.84. The molecular formula is C14H25N3O. The molecule has 1 aromatic rings. The van der Waals surface area contributed by atoms with E-state index >= 15 is 0 Å². The minimum absolute atomic E-state index is 0.676. The van der Waals surface area contributed by atoms with Crippen LogP contribution < -0.4 is 5.73 Å². The Hall–Kier alpha value is -0.870. The molecule has 102 valence electrons. The second-order valence-electron chi connectivity index (χ2n) is 5.31. The lowest BCUT2D eigenvalue weighted by Crippen LogP contribution is -2.30. The number of rotatable bonds is 6. The highest BCUT2D eigenvalue weighted by Gasteiger charge is 2.23. The monoisotopic (exact) mass is 251 g/mol. The van der Waals surface area contributed by atoms with Gasteiger partial charge in [-0.25, -0.2) is 0 Å². The van der Waals surface area contributed by atoms with Gasteiger partial charge < -0.3 is 10.5 Å². The van der Waals surface area contributed by atoms with Crippen LogP contribution in [0.25, 0.3) is 0 Å². The van der Waals surface area contributed by atoms with Gasteiger partial charge in [0.25, 0.3) is 0 Å². The molecule has 18 heavy (non-hydrogen) atoms. The Bertz CT molecular complexity index is 351. The molecular weight excluding hydrogens is 226 g/mol. The largest absolute Gasteiger partial charge is 0.381 e. The molecule has 2 atom stereocenters. The molecule has 0 saturated heterocycles. The number of aromatic nitrogens is 2. The highest BCUT2D eigenvalue weighted by molar-refractivity contribution is 4.99. The maximum Gasteiger partial charge on any atom is 0.0521 e. The lowest BCUT2D eigenvalue weighted by molar-refractivity contribution is 0.0622. The molecule has 1 aliphatic rings. The molecule has 1 saturated carbocycles.